The van der Waals surface area contributed by atoms with E-state index in [1.165, 1.54) is 0 Å². The van der Waals surface area contributed by atoms with Gasteiger partial charge in [0.1, 0.15) is 0 Å². The van der Waals surface area contributed by atoms with E-state index in [9.17, 15) is 14.4 Å². The van der Waals surface area contributed by atoms with Crippen molar-refractivity contribution in [2.24, 2.45) is 17.6 Å². The summed E-state index contributed by atoms with van der Waals surface area (Å²) < 4.78 is 6.00. The first-order chi connectivity index (χ1) is 12.0. The third-order valence-electron chi connectivity index (χ3n) is 5.06. The Bertz CT molecular complexity index is 520. The van der Waals surface area contributed by atoms with Gasteiger partial charge in [-0.1, -0.05) is 12.2 Å². The summed E-state index contributed by atoms with van der Waals surface area (Å²) in [6.45, 7) is 0.566. The van der Waals surface area contributed by atoms with E-state index in [1.54, 1.807) is 0 Å². The van der Waals surface area contributed by atoms with Crippen molar-refractivity contribution in [3.05, 3.63) is 12.2 Å². The van der Waals surface area contributed by atoms with Gasteiger partial charge in [-0.3, -0.25) is 14.4 Å². The summed E-state index contributed by atoms with van der Waals surface area (Å²) in [6, 6.07) is 0. The predicted molar refractivity (Wildman–Crippen MR) is 91.6 cm³/mol. The molecule has 0 spiro atoms. The molecular weight excluding hydrogens is 324 g/mol. The lowest BCUT2D eigenvalue weighted by Gasteiger charge is -2.27. The fraction of sp³-hybridized carbons (Fsp3) is 0.722. The first kappa shape index (κ1) is 19.4. The number of primary amides is 1. The van der Waals surface area contributed by atoms with Crippen molar-refractivity contribution in [3.8, 4) is 0 Å². The monoisotopic (exact) mass is 352 g/mol. The van der Waals surface area contributed by atoms with E-state index < -0.39 is 11.9 Å². The average Bonchev–Trinajstić information content (AvgIpc) is 3.15. The van der Waals surface area contributed by atoms with Gasteiger partial charge in [0.2, 0.25) is 11.8 Å². The topological polar surface area (TPSA) is 119 Å². The molecule has 2 aliphatic rings. The summed E-state index contributed by atoms with van der Waals surface area (Å²) in [5, 5.41) is 11.5. The van der Waals surface area contributed by atoms with Crippen LogP contribution in [-0.2, 0) is 19.1 Å². The maximum Gasteiger partial charge on any atom is 0.303 e. The first-order valence-corrected chi connectivity index (χ1v) is 9.04. The van der Waals surface area contributed by atoms with Crippen LogP contribution in [0.1, 0.15) is 51.4 Å². The van der Waals surface area contributed by atoms with Crippen LogP contribution in [0.5, 0.6) is 0 Å². The van der Waals surface area contributed by atoms with E-state index in [1.807, 2.05) is 6.08 Å². The SMILES string of the molecule is NC(=O)CCC(=O)NC[C@H]1[C@@H](C/C=C\CCCC(=O)O)[C@H]2CC[C@@H]1O2. The number of fused-ring (bicyclic) bond motifs is 2. The molecule has 2 bridgehead atoms. The summed E-state index contributed by atoms with van der Waals surface area (Å²) >= 11 is 0. The van der Waals surface area contributed by atoms with E-state index in [4.69, 9.17) is 15.6 Å². The Labute approximate surface area is 148 Å². The Hall–Kier alpha value is -1.89. The van der Waals surface area contributed by atoms with Gasteiger partial charge >= 0.3 is 5.97 Å². The molecule has 0 aliphatic carbocycles. The molecule has 2 aliphatic heterocycles. The van der Waals surface area contributed by atoms with Gasteiger partial charge in [-0.2, -0.15) is 0 Å². The Kier molecular flexibility index (Phi) is 7.43. The molecule has 0 radical (unpaired) electrons. The Morgan fingerprint density at radius 2 is 1.80 bits per heavy atom. The van der Waals surface area contributed by atoms with Crippen LogP contribution in [0.2, 0.25) is 0 Å². The lowest BCUT2D eigenvalue weighted by molar-refractivity contribution is -0.137. The second-order valence-electron chi connectivity index (χ2n) is 6.88. The lowest BCUT2D eigenvalue weighted by Crippen LogP contribution is -2.38. The standard InChI is InChI=1S/C18H28N2O5/c19-16(21)9-10-17(22)20-11-13-12(14-7-8-15(13)25-14)5-3-1-2-4-6-18(23)24/h1,3,12-15H,2,4-11H2,(H2,19,21)(H,20,22)(H,23,24)/b3-1-/t12-,13+,14-,15+/m1/s1. The van der Waals surface area contributed by atoms with Crippen LogP contribution in [0.3, 0.4) is 0 Å². The quantitative estimate of drug-likeness (QED) is 0.383. The zero-order chi connectivity index (χ0) is 18.2. The van der Waals surface area contributed by atoms with Gasteiger partial charge in [-0.15, -0.1) is 0 Å². The number of carbonyl (C=O) groups is 3. The highest BCUT2D eigenvalue weighted by Gasteiger charge is 2.47. The number of allylic oxidation sites excluding steroid dienone is 2. The third-order valence-corrected chi connectivity index (χ3v) is 5.06. The summed E-state index contributed by atoms with van der Waals surface area (Å²) in [5.41, 5.74) is 5.06. The fourth-order valence-electron chi connectivity index (χ4n) is 3.78. The van der Waals surface area contributed by atoms with E-state index in [0.717, 1.165) is 25.7 Å². The van der Waals surface area contributed by atoms with Crippen molar-refractivity contribution >= 4 is 17.8 Å². The van der Waals surface area contributed by atoms with Crippen molar-refractivity contribution in [3.63, 3.8) is 0 Å². The molecule has 2 rings (SSSR count). The molecule has 25 heavy (non-hydrogen) atoms. The average molecular weight is 352 g/mol. The summed E-state index contributed by atoms with van der Waals surface area (Å²) in [5.74, 6) is -0.707. The van der Waals surface area contributed by atoms with Gasteiger partial charge in [0.15, 0.2) is 0 Å². The molecule has 7 heteroatoms. The van der Waals surface area contributed by atoms with Gasteiger partial charge in [0, 0.05) is 31.7 Å². The van der Waals surface area contributed by atoms with Crippen molar-refractivity contribution in [1.82, 2.24) is 5.32 Å². The molecule has 2 heterocycles. The number of carbonyl (C=O) groups excluding carboxylic acids is 2. The molecule has 4 N–H and O–H groups in total. The summed E-state index contributed by atoms with van der Waals surface area (Å²) in [4.78, 5) is 33.0. The summed E-state index contributed by atoms with van der Waals surface area (Å²) in [7, 11) is 0. The van der Waals surface area contributed by atoms with Crippen molar-refractivity contribution in [1.29, 1.82) is 0 Å². The Morgan fingerprint density at radius 1 is 1.08 bits per heavy atom. The molecule has 2 fully saturated rings. The zero-order valence-electron chi connectivity index (χ0n) is 14.5. The van der Waals surface area contributed by atoms with E-state index in [-0.39, 0.29) is 37.4 Å². The van der Waals surface area contributed by atoms with Crippen LogP contribution in [0.4, 0.5) is 0 Å². The minimum atomic E-state index is -0.762. The highest BCUT2D eigenvalue weighted by molar-refractivity contribution is 5.82. The van der Waals surface area contributed by atoms with Crippen molar-refractivity contribution in [2.45, 2.75) is 63.6 Å². The van der Waals surface area contributed by atoms with E-state index >= 15 is 0 Å². The number of aliphatic carboxylic acids is 1. The fourth-order valence-corrected chi connectivity index (χ4v) is 3.78. The first-order valence-electron chi connectivity index (χ1n) is 9.04. The highest BCUT2D eigenvalue weighted by atomic mass is 16.5. The molecular formula is C18H28N2O5. The normalized spacial score (nSPS) is 27.7. The molecule has 7 nitrogen and oxygen atoms in total. The molecule has 0 aromatic rings. The number of rotatable bonds is 11. The third kappa shape index (κ3) is 6.16. The molecule has 0 saturated carbocycles. The number of unbranched alkanes of at least 4 members (excludes halogenated alkanes) is 1. The second-order valence-corrected chi connectivity index (χ2v) is 6.88. The molecule has 0 aromatic carbocycles. The maximum atomic E-state index is 11.8. The van der Waals surface area contributed by atoms with Crippen LogP contribution in [-0.4, -0.2) is 41.6 Å². The molecule has 0 unspecified atom stereocenters. The van der Waals surface area contributed by atoms with Crippen molar-refractivity contribution < 1.29 is 24.2 Å². The van der Waals surface area contributed by atoms with Crippen LogP contribution >= 0.6 is 0 Å². The van der Waals surface area contributed by atoms with Gasteiger partial charge in [-0.05, 0) is 38.0 Å². The number of hydrogen-bond acceptors (Lipinski definition) is 4. The smallest absolute Gasteiger partial charge is 0.303 e. The number of carboxylic acids is 1. The maximum absolute atomic E-state index is 11.8. The van der Waals surface area contributed by atoms with E-state index in [2.05, 4.69) is 11.4 Å². The number of nitrogens with one attached hydrogen (secondary N) is 1. The number of hydrogen-bond donors (Lipinski definition) is 3. The van der Waals surface area contributed by atoms with Gasteiger partial charge in [-0.25, -0.2) is 0 Å². The number of ether oxygens (including phenoxy) is 1. The van der Waals surface area contributed by atoms with Gasteiger partial charge in [0.25, 0.3) is 0 Å². The van der Waals surface area contributed by atoms with Crippen LogP contribution in [0, 0.1) is 11.8 Å². The Morgan fingerprint density at radius 3 is 2.48 bits per heavy atom. The van der Waals surface area contributed by atoms with Crippen LogP contribution in [0.25, 0.3) is 0 Å². The molecule has 4 atom stereocenters. The second kappa shape index (κ2) is 9.56. The van der Waals surface area contributed by atoms with Gasteiger partial charge in [0.05, 0.1) is 12.2 Å². The largest absolute Gasteiger partial charge is 0.481 e. The molecule has 0 aromatic heterocycles. The number of carboxylic acid groups (broad SMARTS) is 1. The molecule has 2 amide bonds. The summed E-state index contributed by atoms with van der Waals surface area (Å²) in [6.07, 6.45) is 9.40. The zero-order valence-corrected chi connectivity index (χ0v) is 14.5. The number of nitrogens with two attached hydrogens (primary N) is 1. The molecule has 140 valence electrons. The predicted octanol–water partition coefficient (Wildman–Crippen LogP) is 1.36. The van der Waals surface area contributed by atoms with Crippen LogP contribution < -0.4 is 11.1 Å². The van der Waals surface area contributed by atoms with Crippen LogP contribution in [0.15, 0.2) is 12.2 Å². The van der Waals surface area contributed by atoms with E-state index in [0.29, 0.717) is 24.8 Å². The van der Waals surface area contributed by atoms with Gasteiger partial charge < -0.3 is 20.9 Å². The van der Waals surface area contributed by atoms with Crippen molar-refractivity contribution in [2.75, 3.05) is 6.54 Å². The minimum absolute atomic E-state index is 0.0710. The minimum Gasteiger partial charge on any atom is -0.481 e. The lowest BCUT2D eigenvalue weighted by atomic mass is 9.77. The molecule has 2 saturated heterocycles. The highest BCUT2D eigenvalue weighted by Crippen LogP contribution is 2.44. The number of amides is 2. The Balaban J connectivity index is 1.74.